The third-order valence-corrected chi connectivity index (χ3v) is 3.81. The van der Waals surface area contributed by atoms with Gasteiger partial charge in [-0.2, -0.15) is 5.10 Å². The van der Waals surface area contributed by atoms with Gasteiger partial charge < -0.3 is 10.8 Å². The Morgan fingerprint density at radius 3 is 2.48 bits per heavy atom. The summed E-state index contributed by atoms with van der Waals surface area (Å²) < 4.78 is 1.89. The van der Waals surface area contributed by atoms with Crippen molar-refractivity contribution in [3.63, 3.8) is 0 Å². The van der Waals surface area contributed by atoms with Crippen LogP contribution in [-0.4, -0.2) is 26.4 Å². The second kappa shape index (κ2) is 6.83. The van der Waals surface area contributed by atoms with Crippen LogP contribution in [0.4, 0.5) is 0 Å². The third kappa shape index (κ3) is 3.49. The maximum atomic E-state index is 10.8. The van der Waals surface area contributed by atoms with Gasteiger partial charge in [-0.15, -0.1) is 0 Å². The zero-order valence-corrected chi connectivity index (χ0v) is 12.8. The van der Waals surface area contributed by atoms with Crippen molar-refractivity contribution in [3.05, 3.63) is 47.5 Å². The first-order valence-corrected chi connectivity index (χ1v) is 7.53. The zero-order chi connectivity index (χ0) is 15.3. The summed E-state index contributed by atoms with van der Waals surface area (Å²) in [5.74, 6) is 1.81. The average molecular weight is 288 g/mol. The van der Waals surface area contributed by atoms with Gasteiger partial charge >= 0.3 is 0 Å². The number of nitrogens with zero attached hydrogens (tertiary/aromatic N) is 3. The Kier molecular flexibility index (Phi) is 5.09. The lowest BCUT2D eigenvalue weighted by molar-refractivity contribution is 0.0310. The molecule has 1 aromatic carbocycles. The number of aryl methyl sites for hydroxylation is 3. The lowest BCUT2D eigenvalue weighted by atomic mass is 9.90. The van der Waals surface area contributed by atoms with E-state index in [1.165, 1.54) is 0 Å². The van der Waals surface area contributed by atoms with Crippen LogP contribution in [0.25, 0.3) is 0 Å². The van der Waals surface area contributed by atoms with Crippen LogP contribution in [0.5, 0.6) is 0 Å². The Balaban J connectivity index is 2.15. The predicted octanol–water partition coefficient (Wildman–Crippen LogP) is 1.64. The van der Waals surface area contributed by atoms with Crippen molar-refractivity contribution in [3.8, 4) is 0 Å². The Bertz CT molecular complexity index is 567. The number of aromatic nitrogens is 3. The second-order valence-corrected chi connectivity index (χ2v) is 5.23. The molecule has 0 aliphatic carbocycles. The quantitative estimate of drug-likeness (QED) is 0.812. The molecule has 0 bridgehead atoms. The zero-order valence-electron chi connectivity index (χ0n) is 12.8. The van der Waals surface area contributed by atoms with Gasteiger partial charge in [-0.25, -0.2) is 9.67 Å². The number of aliphatic hydroxyl groups is 1. The van der Waals surface area contributed by atoms with Gasteiger partial charge in [-0.05, 0) is 5.56 Å². The number of hydrogen-bond acceptors (Lipinski definition) is 4. The fourth-order valence-corrected chi connectivity index (χ4v) is 2.42. The largest absolute Gasteiger partial charge is 0.384 e. The summed E-state index contributed by atoms with van der Waals surface area (Å²) in [6.45, 7) is 4.90. The van der Waals surface area contributed by atoms with E-state index in [1.807, 2.05) is 41.9 Å². The summed E-state index contributed by atoms with van der Waals surface area (Å²) >= 11 is 0. The molecule has 0 fully saturated rings. The van der Waals surface area contributed by atoms with Crippen molar-refractivity contribution in [2.75, 3.05) is 6.54 Å². The normalized spacial score (nSPS) is 14.1. The van der Waals surface area contributed by atoms with E-state index >= 15 is 0 Å². The van der Waals surface area contributed by atoms with Crippen molar-refractivity contribution in [1.82, 2.24) is 14.8 Å². The molecule has 0 aliphatic heterocycles. The van der Waals surface area contributed by atoms with E-state index in [1.54, 1.807) is 0 Å². The van der Waals surface area contributed by atoms with E-state index in [0.717, 1.165) is 30.1 Å². The minimum absolute atomic E-state index is 0.188. The van der Waals surface area contributed by atoms with E-state index in [9.17, 15) is 5.11 Å². The Labute approximate surface area is 125 Å². The van der Waals surface area contributed by atoms with Gasteiger partial charge in [0.1, 0.15) is 11.4 Å². The molecule has 0 radical (unpaired) electrons. The smallest absolute Gasteiger partial charge is 0.150 e. The molecule has 0 spiro atoms. The van der Waals surface area contributed by atoms with Crippen LogP contribution >= 0.6 is 0 Å². The van der Waals surface area contributed by atoms with E-state index in [0.29, 0.717) is 13.0 Å². The van der Waals surface area contributed by atoms with Gasteiger partial charge in [0, 0.05) is 32.4 Å². The summed E-state index contributed by atoms with van der Waals surface area (Å²) in [5.41, 5.74) is 5.64. The molecule has 1 aromatic heterocycles. The highest BCUT2D eigenvalue weighted by Gasteiger charge is 2.27. The van der Waals surface area contributed by atoms with Crippen LogP contribution in [0.15, 0.2) is 30.3 Å². The van der Waals surface area contributed by atoms with Crippen molar-refractivity contribution in [2.24, 2.45) is 5.73 Å². The highest BCUT2D eigenvalue weighted by atomic mass is 16.3. The number of rotatable bonds is 7. The molecule has 1 heterocycles. The molecule has 2 rings (SSSR count). The van der Waals surface area contributed by atoms with Gasteiger partial charge in [0.25, 0.3) is 0 Å². The number of hydrogen-bond donors (Lipinski definition) is 2. The van der Waals surface area contributed by atoms with E-state index < -0.39 is 5.60 Å². The summed E-state index contributed by atoms with van der Waals surface area (Å²) in [6.07, 6.45) is 2.17. The minimum atomic E-state index is -1.02. The van der Waals surface area contributed by atoms with Crippen LogP contribution in [0.3, 0.4) is 0 Å². The molecule has 5 heteroatoms. The highest BCUT2D eigenvalue weighted by molar-refractivity contribution is 5.22. The predicted molar refractivity (Wildman–Crippen MR) is 82.8 cm³/mol. The molecule has 1 unspecified atom stereocenters. The number of benzene rings is 1. The van der Waals surface area contributed by atoms with Gasteiger partial charge in [-0.1, -0.05) is 44.2 Å². The van der Waals surface area contributed by atoms with Crippen molar-refractivity contribution in [2.45, 2.75) is 45.3 Å². The Morgan fingerprint density at radius 2 is 1.90 bits per heavy atom. The second-order valence-electron chi connectivity index (χ2n) is 5.23. The SMILES string of the molecule is CCc1nc(CC)n(CCC(O)(CN)c2ccccc2)n1. The number of nitrogens with two attached hydrogens (primary N) is 1. The molecule has 2 aromatic rings. The molecular formula is C16H24N4O. The standard InChI is InChI=1S/C16H24N4O/c1-3-14-18-15(4-2)20(19-14)11-10-16(21,12-17)13-8-6-5-7-9-13/h5-9,21H,3-4,10-12,17H2,1-2H3. The summed E-state index contributed by atoms with van der Waals surface area (Å²) in [4.78, 5) is 4.49. The molecule has 21 heavy (non-hydrogen) atoms. The first-order valence-electron chi connectivity index (χ1n) is 7.53. The van der Waals surface area contributed by atoms with E-state index in [4.69, 9.17) is 5.73 Å². The molecule has 0 saturated carbocycles. The minimum Gasteiger partial charge on any atom is -0.384 e. The van der Waals surface area contributed by atoms with Gasteiger partial charge in [0.05, 0.1) is 0 Å². The van der Waals surface area contributed by atoms with Crippen LogP contribution in [0.1, 0.15) is 37.5 Å². The van der Waals surface area contributed by atoms with E-state index in [2.05, 4.69) is 17.0 Å². The Morgan fingerprint density at radius 1 is 1.19 bits per heavy atom. The summed E-state index contributed by atoms with van der Waals surface area (Å²) in [5, 5.41) is 15.3. The summed E-state index contributed by atoms with van der Waals surface area (Å²) in [7, 11) is 0. The van der Waals surface area contributed by atoms with Gasteiger partial charge in [0.2, 0.25) is 0 Å². The lowest BCUT2D eigenvalue weighted by Crippen LogP contribution is -2.36. The highest BCUT2D eigenvalue weighted by Crippen LogP contribution is 2.24. The van der Waals surface area contributed by atoms with Crippen molar-refractivity contribution in [1.29, 1.82) is 0 Å². The fraction of sp³-hybridized carbons (Fsp3) is 0.500. The van der Waals surface area contributed by atoms with Crippen LogP contribution in [0.2, 0.25) is 0 Å². The first-order chi connectivity index (χ1) is 10.1. The van der Waals surface area contributed by atoms with Gasteiger partial charge in [-0.3, -0.25) is 0 Å². The van der Waals surface area contributed by atoms with Crippen molar-refractivity contribution >= 4 is 0 Å². The molecule has 5 nitrogen and oxygen atoms in total. The van der Waals surface area contributed by atoms with Crippen molar-refractivity contribution < 1.29 is 5.11 Å². The fourth-order valence-electron chi connectivity index (χ4n) is 2.42. The molecule has 1 atom stereocenters. The van der Waals surface area contributed by atoms with Gasteiger partial charge in [0.15, 0.2) is 5.82 Å². The maximum Gasteiger partial charge on any atom is 0.150 e. The lowest BCUT2D eigenvalue weighted by Gasteiger charge is -2.27. The first kappa shape index (κ1) is 15.7. The Hall–Kier alpha value is -1.72. The maximum absolute atomic E-state index is 10.8. The van der Waals surface area contributed by atoms with Crippen LogP contribution in [0, 0.1) is 0 Å². The monoisotopic (exact) mass is 288 g/mol. The molecule has 114 valence electrons. The van der Waals surface area contributed by atoms with Crippen LogP contribution < -0.4 is 5.73 Å². The summed E-state index contributed by atoms with van der Waals surface area (Å²) in [6, 6.07) is 9.58. The van der Waals surface area contributed by atoms with E-state index in [-0.39, 0.29) is 6.54 Å². The van der Waals surface area contributed by atoms with Crippen LogP contribution in [-0.2, 0) is 25.0 Å². The molecule has 3 N–H and O–H groups in total. The molecule has 0 saturated heterocycles. The molecule has 0 amide bonds. The molecular weight excluding hydrogens is 264 g/mol. The molecule has 0 aliphatic rings. The third-order valence-electron chi connectivity index (χ3n) is 3.81. The average Bonchev–Trinajstić information content (AvgIpc) is 2.96. The topological polar surface area (TPSA) is 77.0 Å².